The van der Waals surface area contributed by atoms with Crippen molar-refractivity contribution in [2.24, 2.45) is 0 Å². The monoisotopic (exact) mass is 313 g/mol. The predicted molar refractivity (Wildman–Crippen MR) is 65.4 cm³/mol. The Hall–Kier alpha value is -1.60. The van der Waals surface area contributed by atoms with Gasteiger partial charge in [0.25, 0.3) is 0 Å². The van der Waals surface area contributed by atoms with Gasteiger partial charge in [0.2, 0.25) is 0 Å². The second-order valence-corrected chi connectivity index (χ2v) is 2.90. The van der Waals surface area contributed by atoms with Crippen molar-refractivity contribution >= 4 is 11.9 Å². The molecule has 21 heavy (non-hydrogen) atoms. The van der Waals surface area contributed by atoms with Crippen LogP contribution in [-0.2, 0) is 24.1 Å². The highest BCUT2D eigenvalue weighted by Crippen LogP contribution is 1.93. The van der Waals surface area contributed by atoms with Gasteiger partial charge in [0.1, 0.15) is 0 Å². The van der Waals surface area contributed by atoms with Gasteiger partial charge in [0.15, 0.2) is 0 Å². The zero-order valence-electron chi connectivity index (χ0n) is 11.1. The van der Waals surface area contributed by atoms with Gasteiger partial charge >= 0.3 is 11.9 Å². The molecular formula is C10H19NO10. The molecule has 0 aromatic rings. The Morgan fingerprint density at radius 2 is 1.05 bits per heavy atom. The number of hydrogen-bond donors (Lipinski definition) is 5. The summed E-state index contributed by atoms with van der Waals surface area (Å²) in [6.45, 7) is -0.505. The minimum Gasteiger partial charge on any atom is -0.478 e. The highest BCUT2D eigenvalue weighted by molar-refractivity contribution is 5.89. The standard InChI is InChI=1S/C6H15NO6.C4H4O4/c8-1-4-11-7(12-5-2-9)13-6-3-10;5-3(6)1-2-4(7)8/h8-10H,1-6H2;1-2H,(H,5,6)(H,7,8). The summed E-state index contributed by atoms with van der Waals surface area (Å²) in [6.07, 6.45) is 1.12. The normalized spacial score (nSPS) is 10.5. The van der Waals surface area contributed by atoms with Crippen LogP contribution >= 0.6 is 0 Å². The molecule has 0 aliphatic carbocycles. The summed E-state index contributed by atoms with van der Waals surface area (Å²) in [4.78, 5) is 33.2. The zero-order valence-corrected chi connectivity index (χ0v) is 11.1. The van der Waals surface area contributed by atoms with Gasteiger partial charge in [-0.05, 0) is 0 Å². The Bertz CT molecular complexity index is 261. The molecule has 11 nitrogen and oxygen atoms in total. The van der Waals surface area contributed by atoms with Gasteiger partial charge in [-0.15, -0.1) is 0 Å². The van der Waals surface area contributed by atoms with Crippen molar-refractivity contribution in [1.29, 1.82) is 0 Å². The minimum absolute atomic E-state index is 0.0108. The van der Waals surface area contributed by atoms with Crippen molar-refractivity contribution in [1.82, 2.24) is 5.39 Å². The van der Waals surface area contributed by atoms with Crippen molar-refractivity contribution in [3.63, 3.8) is 0 Å². The van der Waals surface area contributed by atoms with Gasteiger partial charge in [-0.3, -0.25) is 0 Å². The summed E-state index contributed by atoms with van der Waals surface area (Å²) < 4.78 is 0. The lowest BCUT2D eigenvalue weighted by atomic mass is 10.5. The largest absolute Gasteiger partial charge is 0.478 e. The van der Waals surface area contributed by atoms with Crippen LogP contribution in [0.4, 0.5) is 0 Å². The lowest BCUT2D eigenvalue weighted by Gasteiger charge is -2.17. The highest BCUT2D eigenvalue weighted by atomic mass is 17.2. The molecule has 11 heteroatoms. The highest BCUT2D eigenvalue weighted by Gasteiger charge is 2.05. The molecule has 0 aliphatic heterocycles. The Balaban J connectivity index is 0. The number of carboxylic acids is 2. The quantitative estimate of drug-likeness (QED) is 0.207. The van der Waals surface area contributed by atoms with Gasteiger partial charge in [0, 0.05) is 12.2 Å². The first-order valence-electron chi connectivity index (χ1n) is 5.63. The van der Waals surface area contributed by atoms with Crippen LogP contribution in [0.3, 0.4) is 0 Å². The van der Waals surface area contributed by atoms with E-state index in [0.717, 1.165) is 0 Å². The van der Waals surface area contributed by atoms with E-state index < -0.39 is 11.9 Å². The van der Waals surface area contributed by atoms with Crippen LogP contribution in [0.25, 0.3) is 0 Å². The third kappa shape index (κ3) is 20.9. The van der Waals surface area contributed by atoms with Crippen LogP contribution in [-0.4, -0.2) is 82.5 Å². The number of rotatable bonds is 11. The van der Waals surface area contributed by atoms with Crippen molar-refractivity contribution in [2.45, 2.75) is 0 Å². The smallest absolute Gasteiger partial charge is 0.328 e. The van der Waals surface area contributed by atoms with Gasteiger partial charge < -0.3 is 25.5 Å². The molecule has 0 amide bonds. The molecule has 0 saturated heterocycles. The van der Waals surface area contributed by atoms with Crippen molar-refractivity contribution < 1.29 is 49.6 Å². The summed E-state index contributed by atoms with van der Waals surface area (Å²) in [7, 11) is 0. The lowest BCUT2D eigenvalue weighted by molar-refractivity contribution is -0.527. The molecule has 0 radical (unpaired) electrons. The zero-order chi connectivity index (χ0) is 16.5. The van der Waals surface area contributed by atoms with E-state index >= 15 is 0 Å². The van der Waals surface area contributed by atoms with E-state index in [1.807, 2.05) is 0 Å². The van der Waals surface area contributed by atoms with E-state index in [4.69, 9.17) is 40.0 Å². The van der Waals surface area contributed by atoms with Gasteiger partial charge in [0.05, 0.1) is 45.0 Å². The molecule has 0 saturated carbocycles. The molecule has 5 N–H and O–H groups in total. The number of aliphatic carboxylic acids is 2. The van der Waals surface area contributed by atoms with Crippen LogP contribution in [0.1, 0.15) is 0 Å². The summed E-state index contributed by atoms with van der Waals surface area (Å²) in [5, 5.41) is 41.5. The van der Waals surface area contributed by atoms with E-state index in [2.05, 4.69) is 0 Å². The third-order valence-electron chi connectivity index (χ3n) is 1.23. The average Bonchev–Trinajstić information content (AvgIpc) is 2.45. The Morgan fingerprint density at radius 3 is 1.24 bits per heavy atom. The molecule has 0 bridgehead atoms. The van der Waals surface area contributed by atoms with Gasteiger partial charge in [-0.25, -0.2) is 24.1 Å². The van der Waals surface area contributed by atoms with E-state index in [0.29, 0.717) is 17.5 Å². The fraction of sp³-hybridized carbons (Fsp3) is 0.600. The van der Waals surface area contributed by atoms with E-state index in [1.165, 1.54) is 0 Å². The second kappa shape index (κ2) is 16.5. The maximum atomic E-state index is 9.55. The summed E-state index contributed by atoms with van der Waals surface area (Å²) in [5.74, 6) is -2.51. The SMILES string of the molecule is O=C(O)C=CC(=O)O.OCCON(OCCO)OCCO. The number of aliphatic hydroxyl groups excluding tert-OH is 3. The van der Waals surface area contributed by atoms with Crippen LogP contribution in [0.2, 0.25) is 0 Å². The summed E-state index contributed by atoms with van der Waals surface area (Å²) in [5.41, 5.74) is 0. The third-order valence-corrected chi connectivity index (χ3v) is 1.23. The van der Waals surface area contributed by atoms with E-state index in [1.54, 1.807) is 0 Å². The summed E-state index contributed by atoms with van der Waals surface area (Å²) in [6, 6.07) is 0. The molecule has 0 fully saturated rings. The topological polar surface area (TPSA) is 166 Å². The molecule has 0 rings (SSSR count). The van der Waals surface area contributed by atoms with Crippen molar-refractivity contribution in [3.05, 3.63) is 12.2 Å². The number of carboxylic acid groups (broad SMARTS) is 2. The molecule has 0 heterocycles. The maximum Gasteiger partial charge on any atom is 0.328 e. The van der Waals surface area contributed by atoms with Crippen LogP contribution in [0.15, 0.2) is 12.2 Å². The first kappa shape index (κ1) is 21.7. The average molecular weight is 313 g/mol. The van der Waals surface area contributed by atoms with Crippen LogP contribution in [0, 0.1) is 0 Å². The maximum absolute atomic E-state index is 9.55. The minimum atomic E-state index is -1.26. The Morgan fingerprint density at radius 1 is 0.762 bits per heavy atom. The molecule has 0 aliphatic rings. The van der Waals surface area contributed by atoms with Gasteiger partial charge in [-0.2, -0.15) is 0 Å². The molecule has 0 unspecified atom stereocenters. The number of hydrogen-bond acceptors (Lipinski definition) is 9. The molecule has 0 atom stereocenters. The van der Waals surface area contributed by atoms with Gasteiger partial charge in [-0.1, -0.05) is 0 Å². The van der Waals surface area contributed by atoms with E-state index in [9.17, 15) is 9.59 Å². The summed E-state index contributed by atoms with van der Waals surface area (Å²) >= 11 is 0. The van der Waals surface area contributed by atoms with E-state index in [-0.39, 0.29) is 39.6 Å². The van der Waals surface area contributed by atoms with Crippen molar-refractivity contribution in [2.75, 3.05) is 39.6 Å². The Labute approximate surface area is 120 Å². The predicted octanol–water partition coefficient (Wildman–Crippen LogP) is -2.23. The van der Waals surface area contributed by atoms with Crippen molar-refractivity contribution in [3.8, 4) is 0 Å². The number of carbonyl (C=O) groups is 2. The first-order valence-corrected chi connectivity index (χ1v) is 5.63. The Kier molecular flexibility index (Phi) is 17.0. The molecule has 0 aromatic carbocycles. The molecular weight excluding hydrogens is 294 g/mol. The molecule has 0 aromatic heterocycles. The number of nitrogens with zero attached hydrogens (tertiary/aromatic N) is 1. The lowest BCUT2D eigenvalue weighted by Crippen LogP contribution is -2.28. The second-order valence-electron chi connectivity index (χ2n) is 2.90. The van der Waals surface area contributed by atoms with Crippen LogP contribution < -0.4 is 0 Å². The number of aliphatic hydroxyl groups is 3. The fourth-order valence-corrected chi connectivity index (χ4v) is 0.600. The molecule has 124 valence electrons. The fourth-order valence-electron chi connectivity index (χ4n) is 0.600. The molecule has 0 spiro atoms. The first-order chi connectivity index (χ1) is 9.97. The van der Waals surface area contributed by atoms with Crippen LogP contribution in [0.5, 0.6) is 0 Å².